The lowest BCUT2D eigenvalue weighted by Crippen LogP contribution is -2.24. The smallest absolute Gasteiger partial charge is 0.299 e. The molecule has 4 aromatic rings. The number of halogens is 1. The average Bonchev–Trinajstić information content (AvgIpc) is 3.24. The van der Waals surface area contributed by atoms with Gasteiger partial charge in [0, 0.05) is 10.6 Å². The van der Waals surface area contributed by atoms with Crippen molar-refractivity contribution in [1.82, 2.24) is 15.4 Å². The van der Waals surface area contributed by atoms with Gasteiger partial charge in [-0.3, -0.25) is 9.63 Å². The number of amides is 1. The van der Waals surface area contributed by atoms with Gasteiger partial charge in [-0.1, -0.05) is 41.9 Å². The normalized spacial score (nSPS) is 10.6. The second-order valence-electron chi connectivity index (χ2n) is 6.30. The van der Waals surface area contributed by atoms with Crippen LogP contribution in [0, 0.1) is 0 Å². The van der Waals surface area contributed by atoms with Crippen LogP contribution in [-0.4, -0.2) is 15.9 Å². The molecule has 150 valence electrons. The van der Waals surface area contributed by atoms with Crippen LogP contribution in [0.5, 0.6) is 0 Å². The Balaban J connectivity index is 1.32. The molecule has 0 spiro atoms. The average molecular weight is 421 g/mol. The van der Waals surface area contributed by atoms with E-state index in [1.807, 2.05) is 42.5 Å². The predicted octanol–water partition coefficient (Wildman–Crippen LogP) is 5.00. The standard InChI is InChI=1S/C22H17ClN4O3/c23-17-8-6-16(7-9-17)20-13-25-22(30-20)26-18-10-11-19(24-12-18)21(28)27-29-14-15-4-2-1-3-5-15/h1-13H,14H2,(H,25,26)(H,27,28). The highest BCUT2D eigenvalue weighted by Gasteiger charge is 2.10. The highest BCUT2D eigenvalue weighted by Crippen LogP contribution is 2.25. The molecule has 2 N–H and O–H groups in total. The lowest BCUT2D eigenvalue weighted by atomic mass is 10.2. The molecule has 0 fully saturated rings. The first-order valence-corrected chi connectivity index (χ1v) is 9.46. The van der Waals surface area contributed by atoms with Crippen LogP contribution < -0.4 is 10.8 Å². The number of nitrogens with one attached hydrogen (secondary N) is 2. The molecule has 0 atom stereocenters. The van der Waals surface area contributed by atoms with Crippen molar-refractivity contribution < 1.29 is 14.0 Å². The summed E-state index contributed by atoms with van der Waals surface area (Å²) in [6.07, 6.45) is 3.13. The number of hydrogen-bond acceptors (Lipinski definition) is 6. The monoisotopic (exact) mass is 420 g/mol. The maximum atomic E-state index is 12.1. The van der Waals surface area contributed by atoms with Crippen molar-refractivity contribution in [2.75, 3.05) is 5.32 Å². The highest BCUT2D eigenvalue weighted by atomic mass is 35.5. The molecule has 1 amide bonds. The number of carbonyl (C=O) groups is 1. The second kappa shape index (κ2) is 9.21. The summed E-state index contributed by atoms with van der Waals surface area (Å²) in [4.78, 5) is 25.7. The lowest BCUT2D eigenvalue weighted by molar-refractivity contribution is 0.0229. The fourth-order valence-electron chi connectivity index (χ4n) is 2.62. The Labute approximate surface area is 177 Å². The number of anilines is 2. The van der Waals surface area contributed by atoms with E-state index in [4.69, 9.17) is 20.9 Å². The van der Waals surface area contributed by atoms with Crippen molar-refractivity contribution >= 4 is 29.2 Å². The Morgan fingerprint density at radius 3 is 2.50 bits per heavy atom. The van der Waals surface area contributed by atoms with Crippen molar-refractivity contribution in [2.45, 2.75) is 6.61 Å². The topological polar surface area (TPSA) is 89.3 Å². The molecule has 0 aliphatic rings. The zero-order chi connectivity index (χ0) is 20.8. The molecule has 2 aromatic heterocycles. The van der Waals surface area contributed by atoms with E-state index in [2.05, 4.69) is 20.8 Å². The molecule has 0 aliphatic carbocycles. The first-order chi connectivity index (χ1) is 14.7. The molecule has 0 saturated carbocycles. The summed E-state index contributed by atoms with van der Waals surface area (Å²) in [5, 5.41) is 3.66. The van der Waals surface area contributed by atoms with E-state index < -0.39 is 5.91 Å². The van der Waals surface area contributed by atoms with Gasteiger partial charge in [0.1, 0.15) is 5.69 Å². The van der Waals surface area contributed by atoms with Gasteiger partial charge < -0.3 is 9.73 Å². The van der Waals surface area contributed by atoms with Crippen LogP contribution in [-0.2, 0) is 11.4 Å². The van der Waals surface area contributed by atoms with Crippen molar-refractivity contribution in [3.05, 3.63) is 95.4 Å². The zero-order valence-electron chi connectivity index (χ0n) is 15.7. The number of nitrogens with zero attached hydrogens (tertiary/aromatic N) is 2. The van der Waals surface area contributed by atoms with E-state index in [1.165, 1.54) is 6.20 Å². The fraction of sp³-hybridized carbons (Fsp3) is 0.0455. The van der Waals surface area contributed by atoms with Gasteiger partial charge in [-0.25, -0.2) is 15.4 Å². The number of hydrogen-bond donors (Lipinski definition) is 2. The summed E-state index contributed by atoms with van der Waals surface area (Å²) in [6.45, 7) is 0.270. The van der Waals surface area contributed by atoms with E-state index in [1.54, 1.807) is 30.5 Å². The number of aromatic nitrogens is 2. The van der Waals surface area contributed by atoms with Gasteiger partial charge in [0.25, 0.3) is 11.9 Å². The molecular weight excluding hydrogens is 404 g/mol. The van der Waals surface area contributed by atoms with E-state index in [-0.39, 0.29) is 12.3 Å². The summed E-state index contributed by atoms with van der Waals surface area (Å²) < 4.78 is 5.69. The Kier molecular flexibility index (Phi) is 6.03. The van der Waals surface area contributed by atoms with Crippen LogP contribution in [0.1, 0.15) is 16.1 Å². The molecule has 0 saturated heterocycles. The zero-order valence-corrected chi connectivity index (χ0v) is 16.5. The Bertz CT molecular complexity index is 1110. The number of rotatable bonds is 7. The van der Waals surface area contributed by atoms with Crippen LogP contribution >= 0.6 is 11.6 Å². The maximum Gasteiger partial charge on any atom is 0.299 e. The maximum absolute atomic E-state index is 12.1. The van der Waals surface area contributed by atoms with Crippen molar-refractivity contribution in [3.63, 3.8) is 0 Å². The molecule has 0 aliphatic heterocycles. The molecule has 8 heteroatoms. The van der Waals surface area contributed by atoms with E-state index >= 15 is 0 Å². The Hall–Kier alpha value is -3.68. The van der Waals surface area contributed by atoms with E-state index in [0.717, 1.165) is 11.1 Å². The van der Waals surface area contributed by atoms with Crippen LogP contribution in [0.4, 0.5) is 11.7 Å². The predicted molar refractivity (Wildman–Crippen MR) is 113 cm³/mol. The molecule has 0 radical (unpaired) electrons. The van der Waals surface area contributed by atoms with Crippen molar-refractivity contribution in [1.29, 1.82) is 0 Å². The summed E-state index contributed by atoms with van der Waals surface area (Å²) >= 11 is 5.90. The molecule has 0 unspecified atom stereocenters. The minimum atomic E-state index is -0.432. The summed E-state index contributed by atoms with van der Waals surface area (Å²) in [6, 6.07) is 20.4. The second-order valence-corrected chi connectivity index (χ2v) is 6.74. The molecule has 4 rings (SSSR count). The van der Waals surface area contributed by atoms with E-state index in [0.29, 0.717) is 22.5 Å². The molecular formula is C22H17ClN4O3. The van der Waals surface area contributed by atoms with Gasteiger partial charge in [0.15, 0.2) is 5.76 Å². The number of hydroxylamine groups is 1. The fourth-order valence-corrected chi connectivity index (χ4v) is 2.74. The minimum Gasteiger partial charge on any atom is -0.423 e. The van der Waals surface area contributed by atoms with Gasteiger partial charge in [-0.05, 0) is 42.0 Å². The van der Waals surface area contributed by atoms with Gasteiger partial charge >= 0.3 is 0 Å². The summed E-state index contributed by atoms with van der Waals surface area (Å²) in [5.41, 5.74) is 5.05. The number of oxazole rings is 1. The Morgan fingerprint density at radius 1 is 0.967 bits per heavy atom. The van der Waals surface area contributed by atoms with Gasteiger partial charge in [0.2, 0.25) is 0 Å². The molecule has 7 nitrogen and oxygen atoms in total. The van der Waals surface area contributed by atoms with Gasteiger partial charge in [-0.15, -0.1) is 0 Å². The molecule has 30 heavy (non-hydrogen) atoms. The largest absolute Gasteiger partial charge is 0.423 e. The third-order valence-electron chi connectivity index (χ3n) is 4.13. The van der Waals surface area contributed by atoms with Crippen LogP contribution in [0.15, 0.2) is 83.5 Å². The van der Waals surface area contributed by atoms with Crippen LogP contribution in [0.2, 0.25) is 5.02 Å². The van der Waals surface area contributed by atoms with Gasteiger partial charge in [-0.2, -0.15) is 0 Å². The van der Waals surface area contributed by atoms with Crippen molar-refractivity contribution in [2.24, 2.45) is 0 Å². The number of benzene rings is 2. The third kappa shape index (κ3) is 5.02. The van der Waals surface area contributed by atoms with Gasteiger partial charge in [0.05, 0.1) is 24.7 Å². The molecule has 0 bridgehead atoms. The summed E-state index contributed by atoms with van der Waals surface area (Å²) in [5.74, 6) is 0.173. The highest BCUT2D eigenvalue weighted by molar-refractivity contribution is 6.30. The van der Waals surface area contributed by atoms with E-state index in [9.17, 15) is 4.79 Å². The third-order valence-corrected chi connectivity index (χ3v) is 4.38. The first kappa shape index (κ1) is 19.6. The number of carbonyl (C=O) groups excluding carboxylic acids is 1. The quantitative estimate of drug-likeness (QED) is 0.409. The number of pyridine rings is 1. The Morgan fingerprint density at radius 2 is 1.77 bits per heavy atom. The molecule has 2 heterocycles. The molecule has 2 aromatic carbocycles. The van der Waals surface area contributed by atoms with Crippen LogP contribution in [0.25, 0.3) is 11.3 Å². The first-order valence-electron chi connectivity index (χ1n) is 9.08. The SMILES string of the molecule is O=C(NOCc1ccccc1)c1ccc(Nc2ncc(-c3ccc(Cl)cc3)o2)cn1. The summed E-state index contributed by atoms with van der Waals surface area (Å²) in [7, 11) is 0. The van der Waals surface area contributed by atoms with Crippen LogP contribution in [0.3, 0.4) is 0 Å². The lowest BCUT2D eigenvalue weighted by Gasteiger charge is -2.06. The minimum absolute atomic E-state index is 0.225. The van der Waals surface area contributed by atoms with Crippen molar-refractivity contribution in [3.8, 4) is 11.3 Å².